The first kappa shape index (κ1) is 21.7. The average Bonchev–Trinajstić information content (AvgIpc) is 3.21. The van der Waals surface area contributed by atoms with E-state index >= 15 is 0 Å². The van der Waals surface area contributed by atoms with Crippen molar-refractivity contribution in [2.45, 2.75) is 19.9 Å². The van der Waals surface area contributed by atoms with Crippen molar-refractivity contribution < 1.29 is 9.72 Å². The Morgan fingerprint density at radius 1 is 1.28 bits per heavy atom. The number of amides is 1. The summed E-state index contributed by atoms with van der Waals surface area (Å²) in [6.45, 7) is 3.44. The number of rotatable bonds is 5. The number of fused-ring (bicyclic) bond motifs is 1. The van der Waals surface area contributed by atoms with E-state index in [4.69, 9.17) is 11.6 Å². The third-order valence-electron chi connectivity index (χ3n) is 5.14. The van der Waals surface area contributed by atoms with Gasteiger partial charge in [-0.1, -0.05) is 29.8 Å². The van der Waals surface area contributed by atoms with E-state index in [0.29, 0.717) is 32.1 Å². The molecule has 0 radical (unpaired) electrons. The van der Waals surface area contributed by atoms with Gasteiger partial charge in [0.2, 0.25) is 5.91 Å². The van der Waals surface area contributed by atoms with Gasteiger partial charge in [0, 0.05) is 33.8 Å². The van der Waals surface area contributed by atoms with Crippen LogP contribution in [0.2, 0.25) is 5.02 Å². The van der Waals surface area contributed by atoms with Crippen molar-refractivity contribution in [2.75, 3.05) is 5.32 Å². The number of nitrogens with one attached hydrogen (secondary N) is 1. The Morgan fingerprint density at radius 3 is 2.81 bits per heavy atom. The molecule has 0 fully saturated rings. The lowest BCUT2D eigenvalue weighted by molar-refractivity contribution is -0.384. The molecule has 8 nitrogen and oxygen atoms in total. The maximum atomic E-state index is 13.3. The third kappa shape index (κ3) is 4.00. The predicted molar refractivity (Wildman–Crippen MR) is 126 cm³/mol. The van der Waals surface area contributed by atoms with E-state index in [0.717, 1.165) is 5.56 Å². The predicted octanol–water partition coefficient (Wildman–Crippen LogP) is 5.19. The summed E-state index contributed by atoms with van der Waals surface area (Å²) in [6.07, 6.45) is 1.34. The number of hydrogen-bond acceptors (Lipinski definition) is 6. The van der Waals surface area contributed by atoms with Crippen LogP contribution in [0.5, 0.6) is 0 Å². The molecule has 1 atom stereocenters. The molecule has 1 unspecified atom stereocenters. The largest absolute Gasteiger partial charge is 0.324 e. The second-order valence-electron chi connectivity index (χ2n) is 7.22. The Labute approximate surface area is 191 Å². The summed E-state index contributed by atoms with van der Waals surface area (Å²) in [5.41, 5.74) is 2.00. The normalized spacial score (nSPS) is 12.0. The van der Waals surface area contributed by atoms with Gasteiger partial charge in [0.15, 0.2) is 0 Å². The number of carbonyl (C=O) groups excluding carboxylic acids is 1. The van der Waals surface area contributed by atoms with Crippen molar-refractivity contribution in [2.24, 2.45) is 0 Å². The molecule has 1 amide bonds. The van der Waals surface area contributed by atoms with Crippen LogP contribution in [0.15, 0.2) is 59.0 Å². The van der Waals surface area contributed by atoms with Crippen LogP contribution < -0.4 is 10.9 Å². The Balaban J connectivity index is 1.73. The highest BCUT2D eigenvalue weighted by molar-refractivity contribution is 7.17. The number of carbonyl (C=O) groups is 1. The number of anilines is 1. The molecule has 2 aromatic carbocycles. The molecule has 0 saturated heterocycles. The Morgan fingerprint density at radius 2 is 2.06 bits per heavy atom. The number of halogens is 1. The summed E-state index contributed by atoms with van der Waals surface area (Å²) in [4.78, 5) is 41.7. The second-order valence-corrected chi connectivity index (χ2v) is 8.51. The van der Waals surface area contributed by atoms with Crippen LogP contribution in [0.4, 0.5) is 11.4 Å². The Hall–Kier alpha value is -3.56. The minimum absolute atomic E-state index is 0.0734. The molecule has 32 heavy (non-hydrogen) atoms. The molecule has 4 aromatic rings. The van der Waals surface area contributed by atoms with E-state index in [2.05, 4.69) is 10.3 Å². The number of hydrogen-bond donors (Lipinski definition) is 1. The lowest BCUT2D eigenvalue weighted by atomic mass is 10.1. The van der Waals surface area contributed by atoms with Gasteiger partial charge < -0.3 is 5.32 Å². The van der Waals surface area contributed by atoms with Crippen LogP contribution >= 0.6 is 22.9 Å². The molecule has 0 spiro atoms. The Kier molecular flexibility index (Phi) is 5.77. The van der Waals surface area contributed by atoms with E-state index in [1.165, 1.54) is 34.4 Å². The van der Waals surface area contributed by atoms with Crippen LogP contribution in [0.3, 0.4) is 0 Å². The summed E-state index contributed by atoms with van der Waals surface area (Å²) in [6, 6.07) is 10.4. The summed E-state index contributed by atoms with van der Waals surface area (Å²) in [5, 5.41) is 16.5. The van der Waals surface area contributed by atoms with Gasteiger partial charge in [-0.15, -0.1) is 11.3 Å². The molecule has 0 aliphatic heterocycles. The first-order chi connectivity index (χ1) is 15.3. The molecule has 0 bridgehead atoms. The van der Waals surface area contributed by atoms with Gasteiger partial charge in [-0.2, -0.15) is 0 Å². The van der Waals surface area contributed by atoms with Gasteiger partial charge in [-0.3, -0.25) is 24.3 Å². The molecular weight excluding hydrogens is 452 g/mol. The molecular formula is C22H17ClN4O4S. The van der Waals surface area contributed by atoms with Gasteiger partial charge >= 0.3 is 0 Å². The number of nitro groups is 1. The monoisotopic (exact) mass is 468 g/mol. The van der Waals surface area contributed by atoms with E-state index in [-0.39, 0.29) is 5.69 Å². The van der Waals surface area contributed by atoms with Crippen LogP contribution in [-0.4, -0.2) is 20.4 Å². The molecule has 0 aliphatic rings. The number of nitrogens with zero attached hydrogens (tertiary/aromatic N) is 3. The lowest BCUT2D eigenvalue weighted by Crippen LogP contribution is -2.31. The van der Waals surface area contributed by atoms with E-state index in [1.807, 2.05) is 6.92 Å². The minimum atomic E-state index is -0.851. The zero-order chi connectivity index (χ0) is 23.0. The van der Waals surface area contributed by atoms with Crippen molar-refractivity contribution >= 4 is 50.4 Å². The average molecular weight is 469 g/mol. The smallest absolute Gasteiger partial charge is 0.270 e. The summed E-state index contributed by atoms with van der Waals surface area (Å²) < 4.78 is 1.26. The number of nitro benzene ring substituents is 1. The summed E-state index contributed by atoms with van der Waals surface area (Å²) in [7, 11) is 0. The molecule has 0 saturated carbocycles. The van der Waals surface area contributed by atoms with Crippen LogP contribution in [-0.2, 0) is 4.79 Å². The van der Waals surface area contributed by atoms with Crippen LogP contribution in [0.1, 0.15) is 18.5 Å². The second kappa shape index (κ2) is 8.52. The topological polar surface area (TPSA) is 107 Å². The zero-order valence-corrected chi connectivity index (χ0v) is 18.6. The number of thiophene rings is 1. The fourth-order valence-electron chi connectivity index (χ4n) is 3.31. The van der Waals surface area contributed by atoms with E-state index < -0.39 is 22.4 Å². The van der Waals surface area contributed by atoms with Crippen LogP contribution in [0, 0.1) is 17.0 Å². The van der Waals surface area contributed by atoms with Crippen molar-refractivity contribution in [3.63, 3.8) is 0 Å². The third-order valence-corrected chi connectivity index (χ3v) is 6.26. The highest BCUT2D eigenvalue weighted by Crippen LogP contribution is 2.32. The van der Waals surface area contributed by atoms with Gasteiger partial charge in [0.25, 0.3) is 11.2 Å². The summed E-state index contributed by atoms with van der Waals surface area (Å²) in [5.74, 6) is -0.397. The van der Waals surface area contributed by atoms with Gasteiger partial charge in [0.1, 0.15) is 10.9 Å². The Bertz CT molecular complexity index is 1430. The molecule has 4 rings (SSSR count). The van der Waals surface area contributed by atoms with Gasteiger partial charge in [-0.05, 0) is 37.1 Å². The number of aryl methyl sites for hydroxylation is 1. The number of benzene rings is 2. The van der Waals surface area contributed by atoms with E-state index in [9.17, 15) is 19.7 Å². The molecule has 10 heteroatoms. The lowest BCUT2D eigenvalue weighted by Gasteiger charge is -2.16. The minimum Gasteiger partial charge on any atom is -0.324 e. The van der Waals surface area contributed by atoms with Crippen LogP contribution in [0.25, 0.3) is 21.3 Å². The van der Waals surface area contributed by atoms with Gasteiger partial charge in [0.05, 0.1) is 16.6 Å². The fourth-order valence-corrected chi connectivity index (χ4v) is 4.39. The SMILES string of the molecule is Cc1ccc(Cl)cc1NC(=O)C(C)n1cnc2scc(-c3cccc([N+](=O)[O-])c3)c2c1=O. The van der Waals surface area contributed by atoms with Crippen molar-refractivity contribution in [1.29, 1.82) is 0 Å². The maximum absolute atomic E-state index is 13.3. The molecule has 0 aliphatic carbocycles. The standard InChI is InChI=1S/C22H17ClN4O4S/c1-12-6-7-15(23)9-18(12)25-20(28)13(2)26-11-24-21-19(22(26)29)17(10-32-21)14-4-3-5-16(8-14)27(30)31/h3-11,13H,1-2H3,(H,25,28). The molecule has 2 heterocycles. The van der Waals surface area contributed by atoms with Crippen molar-refractivity contribution in [1.82, 2.24) is 9.55 Å². The van der Waals surface area contributed by atoms with Gasteiger partial charge in [-0.25, -0.2) is 4.98 Å². The zero-order valence-electron chi connectivity index (χ0n) is 17.0. The highest BCUT2D eigenvalue weighted by Gasteiger charge is 2.21. The molecule has 2 aromatic heterocycles. The first-order valence-corrected chi connectivity index (χ1v) is 10.8. The fraction of sp³-hybridized carbons (Fsp3) is 0.136. The first-order valence-electron chi connectivity index (χ1n) is 9.56. The molecule has 162 valence electrons. The van der Waals surface area contributed by atoms with Crippen molar-refractivity contribution in [3.05, 3.63) is 85.2 Å². The van der Waals surface area contributed by atoms with Crippen molar-refractivity contribution in [3.8, 4) is 11.1 Å². The molecule has 1 N–H and O–H groups in total. The maximum Gasteiger partial charge on any atom is 0.270 e. The number of aromatic nitrogens is 2. The highest BCUT2D eigenvalue weighted by atomic mass is 35.5. The quantitative estimate of drug-likeness (QED) is 0.320. The number of non-ortho nitro benzene ring substituents is 1. The summed E-state index contributed by atoms with van der Waals surface area (Å²) >= 11 is 7.29. The van der Waals surface area contributed by atoms with E-state index in [1.54, 1.807) is 42.6 Å².